The van der Waals surface area contributed by atoms with Crippen molar-refractivity contribution in [3.05, 3.63) is 66.1 Å². The number of rotatable bonds is 8. The van der Waals surface area contributed by atoms with E-state index in [1.54, 1.807) is 18.5 Å². The number of hydrogen-bond acceptors (Lipinski definition) is 6. The van der Waals surface area contributed by atoms with Gasteiger partial charge in [0, 0.05) is 12.4 Å². The smallest absolute Gasteiger partial charge is 0.345 e. The summed E-state index contributed by atoms with van der Waals surface area (Å²) in [4.78, 5) is 21.0. The largest absolute Gasteiger partial charge is 0.477 e. The molecule has 0 amide bonds. The summed E-state index contributed by atoms with van der Waals surface area (Å²) in [5.41, 5.74) is 1.11. The molecule has 1 aromatic carbocycles. The van der Waals surface area contributed by atoms with Gasteiger partial charge in [0.15, 0.2) is 0 Å². The molecule has 3 rings (SSSR count). The van der Waals surface area contributed by atoms with E-state index in [0.29, 0.717) is 12.6 Å². The maximum absolute atomic E-state index is 12.5. The lowest BCUT2D eigenvalue weighted by molar-refractivity contribution is 0.0466. The highest BCUT2D eigenvalue weighted by Crippen LogP contribution is 2.18. The molecule has 0 unspecified atom stereocenters. The fraction of sp³-hybridized carbons (Fsp3) is 0.263. The van der Waals surface area contributed by atoms with E-state index in [-0.39, 0.29) is 18.1 Å². The summed E-state index contributed by atoms with van der Waals surface area (Å²) in [6, 6.07) is 11.2. The van der Waals surface area contributed by atoms with Gasteiger partial charge in [0.05, 0.1) is 12.8 Å². The highest BCUT2D eigenvalue weighted by Gasteiger charge is 2.18. The summed E-state index contributed by atoms with van der Waals surface area (Å²) in [7, 11) is 0. The lowest BCUT2D eigenvalue weighted by Gasteiger charge is -2.11. The van der Waals surface area contributed by atoms with Gasteiger partial charge in [-0.2, -0.15) is 10.1 Å². The zero-order valence-corrected chi connectivity index (χ0v) is 14.5. The predicted octanol–water partition coefficient (Wildman–Crippen LogP) is 3.20. The molecule has 0 aliphatic heterocycles. The van der Waals surface area contributed by atoms with E-state index in [4.69, 9.17) is 9.47 Å². The maximum Gasteiger partial charge on any atom is 0.345 e. The molecular weight excluding hydrogens is 332 g/mol. The van der Waals surface area contributed by atoms with Gasteiger partial charge in [0.1, 0.15) is 12.2 Å². The van der Waals surface area contributed by atoms with Crippen molar-refractivity contribution in [3.8, 4) is 11.8 Å². The monoisotopic (exact) mass is 352 g/mol. The Balaban J connectivity index is 1.78. The summed E-state index contributed by atoms with van der Waals surface area (Å²) < 4.78 is 12.6. The van der Waals surface area contributed by atoms with Crippen molar-refractivity contribution >= 4 is 5.97 Å². The van der Waals surface area contributed by atoms with Crippen molar-refractivity contribution in [2.24, 2.45) is 0 Å². The molecule has 0 spiro atoms. The molecule has 2 heterocycles. The minimum atomic E-state index is -0.521. The van der Waals surface area contributed by atoms with E-state index < -0.39 is 5.97 Å². The number of carbonyl (C=O) groups excluding carboxylic acids is 1. The van der Waals surface area contributed by atoms with Gasteiger partial charge in [0.2, 0.25) is 5.88 Å². The molecule has 26 heavy (non-hydrogen) atoms. The number of hydrogen-bond donors (Lipinski definition) is 0. The van der Waals surface area contributed by atoms with Crippen LogP contribution in [0.1, 0.15) is 35.7 Å². The molecular formula is C19H20N4O3. The standard InChI is InChI=1S/C19H20N4O3/c1-2-3-12-25-17-16(13-20-19(22-17)23-11-7-10-21-23)18(24)26-14-15-8-5-4-6-9-15/h4-11,13H,2-3,12,14H2,1H3. The Morgan fingerprint density at radius 1 is 1.19 bits per heavy atom. The first-order valence-corrected chi connectivity index (χ1v) is 8.49. The summed E-state index contributed by atoms with van der Waals surface area (Å²) in [6.45, 7) is 2.70. The Morgan fingerprint density at radius 2 is 2.04 bits per heavy atom. The molecule has 2 aromatic heterocycles. The van der Waals surface area contributed by atoms with Gasteiger partial charge in [-0.25, -0.2) is 14.5 Å². The molecule has 0 bridgehead atoms. The number of ether oxygens (including phenoxy) is 2. The molecule has 0 aliphatic carbocycles. The van der Waals surface area contributed by atoms with Crippen molar-refractivity contribution in [3.63, 3.8) is 0 Å². The number of nitrogens with zero attached hydrogens (tertiary/aromatic N) is 4. The van der Waals surface area contributed by atoms with Crippen molar-refractivity contribution < 1.29 is 14.3 Å². The second-order valence-corrected chi connectivity index (χ2v) is 5.60. The second kappa shape index (κ2) is 8.75. The Bertz CT molecular complexity index is 835. The fourth-order valence-electron chi connectivity index (χ4n) is 2.22. The Morgan fingerprint density at radius 3 is 2.77 bits per heavy atom. The third-order valence-corrected chi connectivity index (χ3v) is 3.62. The average Bonchev–Trinajstić information content (AvgIpc) is 3.22. The van der Waals surface area contributed by atoms with Gasteiger partial charge in [0.25, 0.3) is 5.95 Å². The molecule has 0 atom stereocenters. The highest BCUT2D eigenvalue weighted by molar-refractivity contribution is 5.91. The number of esters is 1. The van der Waals surface area contributed by atoms with Gasteiger partial charge in [-0.15, -0.1) is 0 Å². The normalized spacial score (nSPS) is 10.5. The fourth-order valence-corrected chi connectivity index (χ4v) is 2.22. The molecule has 0 aliphatic rings. The molecule has 0 saturated heterocycles. The molecule has 7 nitrogen and oxygen atoms in total. The predicted molar refractivity (Wildman–Crippen MR) is 95.1 cm³/mol. The van der Waals surface area contributed by atoms with Crippen LogP contribution in [0.2, 0.25) is 0 Å². The number of aromatic nitrogens is 4. The van der Waals surface area contributed by atoms with Crippen LogP contribution in [0.4, 0.5) is 0 Å². The van der Waals surface area contributed by atoms with Crippen LogP contribution in [0.15, 0.2) is 55.0 Å². The van der Waals surface area contributed by atoms with E-state index in [0.717, 1.165) is 18.4 Å². The maximum atomic E-state index is 12.5. The van der Waals surface area contributed by atoms with E-state index in [1.165, 1.54) is 10.9 Å². The quantitative estimate of drug-likeness (QED) is 0.457. The first kappa shape index (κ1) is 17.6. The van der Waals surface area contributed by atoms with E-state index in [1.807, 2.05) is 30.3 Å². The molecule has 0 saturated carbocycles. The minimum Gasteiger partial charge on any atom is -0.477 e. The topological polar surface area (TPSA) is 79.1 Å². The summed E-state index contributed by atoms with van der Waals surface area (Å²) >= 11 is 0. The van der Waals surface area contributed by atoms with Crippen molar-refractivity contribution in [2.75, 3.05) is 6.61 Å². The summed E-state index contributed by atoms with van der Waals surface area (Å²) in [5, 5.41) is 4.09. The van der Waals surface area contributed by atoms with Crippen LogP contribution in [0.3, 0.4) is 0 Å². The van der Waals surface area contributed by atoms with E-state index >= 15 is 0 Å². The molecule has 0 radical (unpaired) electrons. The number of unbranched alkanes of at least 4 members (excludes halogenated alkanes) is 1. The molecule has 0 fully saturated rings. The van der Waals surface area contributed by atoms with Crippen LogP contribution in [0.5, 0.6) is 5.88 Å². The Hall–Kier alpha value is -3.22. The van der Waals surface area contributed by atoms with Crippen LogP contribution in [-0.4, -0.2) is 32.3 Å². The average molecular weight is 352 g/mol. The SMILES string of the molecule is CCCCOc1nc(-n2cccn2)ncc1C(=O)OCc1ccccc1. The second-order valence-electron chi connectivity index (χ2n) is 5.60. The molecule has 134 valence electrons. The third-order valence-electron chi connectivity index (χ3n) is 3.62. The van der Waals surface area contributed by atoms with Gasteiger partial charge in [-0.05, 0) is 18.1 Å². The Kier molecular flexibility index (Phi) is 5.92. The van der Waals surface area contributed by atoms with Crippen LogP contribution in [0, 0.1) is 0 Å². The summed E-state index contributed by atoms with van der Waals surface area (Å²) in [6.07, 6.45) is 6.60. The van der Waals surface area contributed by atoms with Crippen LogP contribution in [0.25, 0.3) is 5.95 Å². The van der Waals surface area contributed by atoms with Gasteiger partial charge >= 0.3 is 5.97 Å². The first-order chi connectivity index (χ1) is 12.8. The van der Waals surface area contributed by atoms with E-state index in [9.17, 15) is 4.79 Å². The summed E-state index contributed by atoms with van der Waals surface area (Å²) in [5.74, 6) is 0.0190. The lowest BCUT2D eigenvalue weighted by atomic mass is 10.2. The van der Waals surface area contributed by atoms with E-state index in [2.05, 4.69) is 22.0 Å². The molecule has 3 aromatic rings. The Labute approximate surface area is 151 Å². The zero-order valence-electron chi connectivity index (χ0n) is 14.5. The van der Waals surface area contributed by atoms with Gasteiger partial charge in [-0.3, -0.25) is 0 Å². The van der Waals surface area contributed by atoms with Crippen molar-refractivity contribution in [1.29, 1.82) is 0 Å². The first-order valence-electron chi connectivity index (χ1n) is 8.49. The molecule has 0 N–H and O–H groups in total. The minimum absolute atomic E-state index is 0.176. The molecule has 7 heteroatoms. The zero-order chi connectivity index (χ0) is 18.2. The van der Waals surface area contributed by atoms with Gasteiger partial charge in [-0.1, -0.05) is 43.7 Å². The van der Waals surface area contributed by atoms with Gasteiger partial charge < -0.3 is 9.47 Å². The third kappa shape index (κ3) is 4.44. The number of benzene rings is 1. The van der Waals surface area contributed by atoms with Crippen molar-refractivity contribution in [2.45, 2.75) is 26.4 Å². The van der Waals surface area contributed by atoms with Crippen LogP contribution >= 0.6 is 0 Å². The lowest BCUT2D eigenvalue weighted by Crippen LogP contribution is -2.13. The highest BCUT2D eigenvalue weighted by atomic mass is 16.5. The van der Waals surface area contributed by atoms with Crippen molar-refractivity contribution in [1.82, 2.24) is 19.7 Å². The van der Waals surface area contributed by atoms with Crippen LogP contribution in [-0.2, 0) is 11.3 Å². The number of carbonyl (C=O) groups is 1. The van der Waals surface area contributed by atoms with Crippen LogP contribution < -0.4 is 4.74 Å².